The topological polar surface area (TPSA) is 67.4 Å². The number of hydrogen-bond donors (Lipinski definition) is 2. The SMILES string of the molecule is CCC(C)NC(=O)CC(=O)Nc1ccc(Oc2ccccc2)cc1. The smallest absolute Gasteiger partial charge is 0.233 e. The van der Waals surface area contributed by atoms with Gasteiger partial charge in [-0.1, -0.05) is 25.1 Å². The number of carbonyl (C=O) groups excluding carboxylic acids is 2. The molecular formula is C19H22N2O3. The van der Waals surface area contributed by atoms with Crippen LogP contribution in [0.4, 0.5) is 5.69 Å². The summed E-state index contributed by atoms with van der Waals surface area (Å²) in [6, 6.07) is 16.5. The average molecular weight is 326 g/mol. The van der Waals surface area contributed by atoms with Gasteiger partial charge in [-0.2, -0.15) is 0 Å². The van der Waals surface area contributed by atoms with Crippen LogP contribution in [-0.2, 0) is 9.59 Å². The van der Waals surface area contributed by atoms with E-state index in [0.29, 0.717) is 11.4 Å². The van der Waals surface area contributed by atoms with Crippen molar-refractivity contribution in [2.24, 2.45) is 0 Å². The molecule has 0 aliphatic heterocycles. The van der Waals surface area contributed by atoms with Crippen molar-refractivity contribution in [1.29, 1.82) is 0 Å². The van der Waals surface area contributed by atoms with E-state index in [1.165, 1.54) is 0 Å². The predicted octanol–water partition coefficient (Wildman–Crippen LogP) is 3.72. The van der Waals surface area contributed by atoms with E-state index in [2.05, 4.69) is 10.6 Å². The molecule has 0 aliphatic carbocycles. The van der Waals surface area contributed by atoms with E-state index in [-0.39, 0.29) is 24.3 Å². The number of ether oxygens (including phenoxy) is 1. The Kier molecular flexibility index (Phi) is 6.37. The van der Waals surface area contributed by atoms with Gasteiger partial charge < -0.3 is 15.4 Å². The average Bonchev–Trinajstić information content (AvgIpc) is 2.57. The molecule has 2 N–H and O–H groups in total. The Bertz CT molecular complexity index is 669. The summed E-state index contributed by atoms with van der Waals surface area (Å²) >= 11 is 0. The third-order valence-corrected chi connectivity index (χ3v) is 3.46. The number of anilines is 1. The summed E-state index contributed by atoms with van der Waals surface area (Å²) in [5.74, 6) is 0.808. The van der Waals surface area contributed by atoms with Crippen molar-refractivity contribution in [2.75, 3.05) is 5.32 Å². The fourth-order valence-electron chi connectivity index (χ4n) is 2.01. The maximum Gasteiger partial charge on any atom is 0.233 e. The molecule has 2 aromatic rings. The van der Waals surface area contributed by atoms with Crippen molar-refractivity contribution < 1.29 is 14.3 Å². The summed E-state index contributed by atoms with van der Waals surface area (Å²) in [6.45, 7) is 3.88. The van der Waals surface area contributed by atoms with Gasteiger partial charge in [-0.3, -0.25) is 9.59 Å². The highest BCUT2D eigenvalue weighted by Gasteiger charge is 2.11. The third kappa shape index (κ3) is 5.76. The summed E-state index contributed by atoms with van der Waals surface area (Å²) in [4.78, 5) is 23.5. The third-order valence-electron chi connectivity index (χ3n) is 3.46. The van der Waals surface area contributed by atoms with Crippen LogP contribution >= 0.6 is 0 Å². The van der Waals surface area contributed by atoms with Crippen LogP contribution in [0, 0.1) is 0 Å². The summed E-state index contributed by atoms with van der Waals surface area (Å²) in [6.07, 6.45) is 0.642. The van der Waals surface area contributed by atoms with E-state index in [1.54, 1.807) is 24.3 Å². The van der Waals surface area contributed by atoms with E-state index in [9.17, 15) is 9.59 Å². The molecule has 2 amide bonds. The first kappa shape index (κ1) is 17.5. The number of nitrogens with one attached hydrogen (secondary N) is 2. The zero-order valence-corrected chi connectivity index (χ0v) is 13.9. The highest BCUT2D eigenvalue weighted by atomic mass is 16.5. The predicted molar refractivity (Wildman–Crippen MR) is 94.1 cm³/mol. The van der Waals surface area contributed by atoms with Crippen LogP contribution < -0.4 is 15.4 Å². The molecule has 0 saturated heterocycles. The lowest BCUT2D eigenvalue weighted by Crippen LogP contribution is -2.34. The van der Waals surface area contributed by atoms with Gasteiger partial charge in [0.15, 0.2) is 0 Å². The van der Waals surface area contributed by atoms with Gasteiger partial charge in [-0.25, -0.2) is 0 Å². The molecule has 24 heavy (non-hydrogen) atoms. The molecule has 1 atom stereocenters. The van der Waals surface area contributed by atoms with Gasteiger partial charge in [0, 0.05) is 11.7 Å². The van der Waals surface area contributed by atoms with Gasteiger partial charge in [0.1, 0.15) is 17.9 Å². The largest absolute Gasteiger partial charge is 0.457 e. The summed E-state index contributed by atoms with van der Waals surface area (Å²) < 4.78 is 5.68. The molecule has 126 valence electrons. The molecule has 0 heterocycles. The number of benzene rings is 2. The Labute approximate surface area is 142 Å². The van der Waals surface area contributed by atoms with Crippen LogP contribution in [0.25, 0.3) is 0 Å². The fourth-order valence-corrected chi connectivity index (χ4v) is 2.01. The molecule has 0 aliphatic rings. The van der Waals surface area contributed by atoms with Crippen LogP contribution in [0.1, 0.15) is 26.7 Å². The Balaban J connectivity index is 1.85. The Morgan fingerprint density at radius 3 is 2.21 bits per heavy atom. The molecule has 0 bridgehead atoms. The van der Waals surface area contributed by atoms with E-state index in [4.69, 9.17) is 4.74 Å². The van der Waals surface area contributed by atoms with Crippen LogP contribution in [-0.4, -0.2) is 17.9 Å². The van der Waals surface area contributed by atoms with Gasteiger partial charge in [0.05, 0.1) is 0 Å². The first-order chi connectivity index (χ1) is 11.6. The number of hydrogen-bond acceptors (Lipinski definition) is 3. The normalized spacial score (nSPS) is 11.4. The van der Waals surface area contributed by atoms with Crippen molar-refractivity contribution in [3.05, 3.63) is 54.6 Å². The second-order valence-corrected chi connectivity index (χ2v) is 5.54. The Morgan fingerprint density at radius 1 is 0.958 bits per heavy atom. The monoisotopic (exact) mass is 326 g/mol. The molecule has 1 unspecified atom stereocenters. The maximum atomic E-state index is 11.9. The van der Waals surface area contributed by atoms with Gasteiger partial charge in [0.25, 0.3) is 0 Å². The Hall–Kier alpha value is -2.82. The number of amides is 2. The summed E-state index contributed by atoms with van der Waals surface area (Å²) in [5, 5.41) is 5.46. The molecule has 0 fully saturated rings. The maximum absolute atomic E-state index is 11.9. The van der Waals surface area contributed by atoms with E-state index >= 15 is 0 Å². The van der Waals surface area contributed by atoms with Crippen molar-refractivity contribution >= 4 is 17.5 Å². The highest BCUT2D eigenvalue weighted by Crippen LogP contribution is 2.22. The highest BCUT2D eigenvalue weighted by molar-refractivity contribution is 6.03. The van der Waals surface area contributed by atoms with Gasteiger partial charge in [-0.05, 0) is 49.7 Å². The van der Waals surface area contributed by atoms with Crippen LogP contribution in [0.2, 0.25) is 0 Å². The van der Waals surface area contributed by atoms with E-state index in [0.717, 1.165) is 12.2 Å². The molecule has 5 heteroatoms. The zero-order valence-electron chi connectivity index (χ0n) is 13.9. The minimum atomic E-state index is -0.340. The van der Waals surface area contributed by atoms with Gasteiger partial charge in [0.2, 0.25) is 11.8 Å². The lowest BCUT2D eigenvalue weighted by molar-refractivity contribution is -0.127. The lowest BCUT2D eigenvalue weighted by Gasteiger charge is -2.11. The standard InChI is InChI=1S/C19H22N2O3/c1-3-14(2)20-18(22)13-19(23)21-15-9-11-17(12-10-15)24-16-7-5-4-6-8-16/h4-12,14H,3,13H2,1-2H3,(H,20,22)(H,21,23). The van der Waals surface area contributed by atoms with Crippen LogP contribution in [0.5, 0.6) is 11.5 Å². The number of rotatable bonds is 7. The molecule has 5 nitrogen and oxygen atoms in total. The van der Waals surface area contributed by atoms with E-state index < -0.39 is 0 Å². The zero-order chi connectivity index (χ0) is 17.4. The molecule has 0 radical (unpaired) electrons. The second-order valence-electron chi connectivity index (χ2n) is 5.54. The molecule has 0 spiro atoms. The first-order valence-corrected chi connectivity index (χ1v) is 7.99. The minimum absolute atomic E-state index is 0.0692. The van der Waals surface area contributed by atoms with Gasteiger partial charge >= 0.3 is 0 Å². The van der Waals surface area contributed by atoms with Crippen molar-refractivity contribution in [3.8, 4) is 11.5 Å². The summed E-state index contributed by atoms with van der Waals surface area (Å²) in [5.41, 5.74) is 0.622. The molecule has 0 saturated carbocycles. The number of carbonyl (C=O) groups is 2. The van der Waals surface area contributed by atoms with Crippen molar-refractivity contribution in [3.63, 3.8) is 0 Å². The number of para-hydroxylation sites is 1. The van der Waals surface area contributed by atoms with Crippen molar-refractivity contribution in [2.45, 2.75) is 32.7 Å². The van der Waals surface area contributed by atoms with Crippen molar-refractivity contribution in [1.82, 2.24) is 5.32 Å². The fraction of sp³-hybridized carbons (Fsp3) is 0.263. The lowest BCUT2D eigenvalue weighted by atomic mass is 10.2. The minimum Gasteiger partial charge on any atom is -0.457 e. The van der Waals surface area contributed by atoms with Gasteiger partial charge in [-0.15, -0.1) is 0 Å². The second kappa shape index (κ2) is 8.72. The molecular weight excluding hydrogens is 304 g/mol. The molecule has 0 aromatic heterocycles. The summed E-state index contributed by atoms with van der Waals surface area (Å²) in [7, 11) is 0. The van der Waals surface area contributed by atoms with Crippen LogP contribution in [0.15, 0.2) is 54.6 Å². The van der Waals surface area contributed by atoms with Crippen LogP contribution in [0.3, 0.4) is 0 Å². The Morgan fingerprint density at radius 2 is 1.58 bits per heavy atom. The molecule has 2 rings (SSSR count). The quantitative estimate of drug-likeness (QED) is 0.762. The van der Waals surface area contributed by atoms with E-state index in [1.807, 2.05) is 44.2 Å². The first-order valence-electron chi connectivity index (χ1n) is 7.99. The molecule has 2 aromatic carbocycles.